The fourth-order valence-corrected chi connectivity index (χ4v) is 2.16. The number of benzene rings is 2. The lowest BCUT2D eigenvalue weighted by atomic mass is 10.2. The van der Waals surface area contributed by atoms with Crippen molar-refractivity contribution < 1.29 is 14.3 Å². The highest BCUT2D eigenvalue weighted by molar-refractivity contribution is 9.10. The average molecular weight is 361 g/mol. The molecule has 1 N–H and O–H groups in total. The van der Waals surface area contributed by atoms with Crippen LogP contribution in [0.25, 0.3) is 0 Å². The molecule has 2 rings (SSSR count). The van der Waals surface area contributed by atoms with Crippen LogP contribution in [-0.2, 0) is 4.79 Å². The molecule has 22 heavy (non-hydrogen) atoms. The molecule has 0 saturated carbocycles. The Bertz CT molecular complexity index is 726. The average Bonchev–Trinajstić information content (AvgIpc) is 2.52. The molecule has 2 aromatic carbocycles. The molecule has 5 nitrogen and oxygen atoms in total. The SMILES string of the molecule is COc1cc(C#N)ccc1OCC(=O)Nc1cccc(Br)c1. The van der Waals surface area contributed by atoms with E-state index >= 15 is 0 Å². The van der Waals surface area contributed by atoms with Crippen LogP contribution in [0.1, 0.15) is 5.56 Å². The van der Waals surface area contributed by atoms with Crippen LogP contribution in [0.2, 0.25) is 0 Å². The van der Waals surface area contributed by atoms with Crippen molar-refractivity contribution in [1.29, 1.82) is 5.26 Å². The topological polar surface area (TPSA) is 71.3 Å². The van der Waals surface area contributed by atoms with E-state index in [4.69, 9.17) is 14.7 Å². The van der Waals surface area contributed by atoms with Crippen molar-refractivity contribution in [3.05, 3.63) is 52.5 Å². The molecule has 112 valence electrons. The number of halogens is 1. The molecule has 0 fully saturated rings. The van der Waals surface area contributed by atoms with E-state index in [1.165, 1.54) is 7.11 Å². The monoisotopic (exact) mass is 360 g/mol. The number of nitriles is 1. The summed E-state index contributed by atoms with van der Waals surface area (Å²) in [6.07, 6.45) is 0. The van der Waals surface area contributed by atoms with Crippen molar-refractivity contribution >= 4 is 27.5 Å². The summed E-state index contributed by atoms with van der Waals surface area (Å²) in [5, 5.41) is 11.6. The van der Waals surface area contributed by atoms with Gasteiger partial charge in [0.1, 0.15) is 0 Å². The minimum atomic E-state index is -0.287. The van der Waals surface area contributed by atoms with Gasteiger partial charge in [0.05, 0.1) is 18.7 Å². The van der Waals surface area contributed by atoms with Crippen molar-refractivity contribution in [2.75, 3.05) is 19.0 Å². The van der Waals surface area contributed by atoms with E-state index < -0.39 is 0 Å². The second-order valence-electron chi connectivity index (χ2n) is 4.32. The lowest BCUT2D eigenvalue weighted by Crippen LogP contribution is -2.20. The Morgan fingerprint density at radius 3 is 2.77 bits per heavy atom. The fraction of sp³-hybridized carbons (Fsp3) is 0.125. The summed E-state index contributed by atoms with van der Waals surface area (Å²) in [7, 11) is 1.48. The number of rotatable bonds is 5. The van der Waals surface area contributed by atoms with Crippen LogP contribution in [0.15, 0.2) is 46.9 Å². The van der Waals surface area contributed by atoms with E-state index in [0.717, 1.165) is 4.47 Å². The maximum atomic E-state index is 11.9. The summed E-state index contributed by atoms with van der Waals surface area (Å²) in [6, 6.07) is 14.0. The Labute approximate surface area is 136 Å². The van der Waals surface area contributed by atoms with Gasteiger partial charge < -0.3 is 14.8 Å². The third kappa shape index (κ3) is 4.24. The summed E-state index contributed by atoms with van der Waals surface area (Å²) in [5.74, 6) is 0.532. The highest BCUT2D eigenvalue weighted by Gasteiger charge is 2.09. The van der Waals surface area contributed by atoms with Crippen LogP contribution in [-0.4, -0.2) is 19.6 Å². The van der Waals surface area contributed by atoms with Gasteiger partial charge in [0.2, 0.25) is 0 Å². The van der Waals surface area contributed by atoms with Gasteiger partial charge >= 0.3 is 0 Å². The van der Waals surface area contributed by atoms with Crippen molar-refractivity contribution in [2.24, 2.45) is 0 Å². The lowest BCUT2D eigenvalue weighted by Gasteiger charge is -2.11. The quantitative estimate of drug-likeness (QED) is 0.887. The van der Waals surface area contributed by atoms with Crippen molar-refractivity contribution in [2.45, 2.75) is 0 Å². The van der Waals surface area contributed by atoms with Crippen LogP contribution in [0.5, 0.6) is 11.5 Å². The van der Waals surface area contributed by atoms with Gasteiger partial charge in [0.25, 0.3) is 5.91 Å². The first kappa shape index (κ1) is 15.9. The highest BCUT2D eigenvalue weighted by Crippen LogP contribution is 2.27. The van der Waals surface area contributed by atoms with Gasteiger partial charge in [0, 0.05) is 16.2 Å². The number of amides is 1. The zero-order chi connectivity index (χ0) is 15.9. The largest absolute Gasteiger partial charge is 0.493 e. The van der Waals surface area contributed by atoms with E-state index in [1.54, 1.807) is 30.3 Å². The van der Waals surface area contributed by atoms with E-state index in [9.17, 15) is 4.79 Å². The number of hydrogen-bond donors (Lipinski definition) is 1. The molecule has 0 aromatic heterocycles. The van der Waals surface area contributed by atoms with E-state index in [1.807, 2.05) is 18.2 Å². The molecule has 0 saturated heterocycles. The Balaban J connectivity index is 1.98. The van der Waals surface area contributed by atoms with Crippen LogP contribution in [0.4, 0.5) is 5.69 Å². The van der Waals surface area contributed by atoms with Gasteiger partial charge in [-0.2, -0.15) is 5.26 Å². The molecule has 0 spiro atoms. The predicted molar refractivity (Wildman–Crippen MR) is 86.0 cm³/mol. The molecule has 0 aliphatic heterocycles. The number of nitrogens with one attached hydrogen (secondary N) is 1. The Hall–Kier alpha value is -2.52. The van der Waals surface area contributed by atoms with Crippen molar-refractivity contribution in [3.63, 3.8) is 0 Å². The van der Waals surface area contributed by atoms with Crippen molar-refractivity contribution in [3.8, 4) is 17.6 Å². The number of hydrogen-bond acceptors (Lipinski definition) is 4. The standard InChI is InChI=1S/C16H13BrN2O3/c1-21-15-7-11(9-18)5-6-14(15)22-10-16(20)19-13-4-2-3-12(17)8-13/h2-8H,10H2,1H3,(H,19,20). The molecule has 0 unspecified atom stereocenters. The minimum absolute atomic E-state index is 0.158. The van der Waals surface area contributed by atoms with Gasteiger partial charge in [-0.25, -0.2) is 0 Å². The van der Waals surface area contributed by atoms with Gasteiger partial charge in [-0.1, -0.05) is 22.0 Å². The number of carbonyl (C=O) groups is 1. The summed E-state index contributed by atoms with van der Waals surface area (Å²) in [5.41, 5.74) is 1.14. The molecular weight excluding hydrogens is 348 g/mol. The molecular formula is C16H13BrN2O3. The van der Waals surface area contributed by atoms with Gasteiger partial charge in [-0.05, 0) is 30.3 Å². The zero-order valence-electron chi connectivity index (χ0n) is 11.8. The van der Waals surface area contributed by atoms with Gasteiger partial charge in [-0.3, -0.25) is 4.79 Å². The van der Waals surface area contributed by atoms with Crippen LogP contribution in [0.3, 0.4) is 0 Å². The Morgan fingerprint density at radius 2 is 2.09 bits per heavy atom. The molecule has 0 aliphatic rings. The number of carbonyl (C=O) groups excluding carboxylic acids is 1. The summed E-state index contributed by atoms with van der Waals surface area (Å²) >= 11 is 3.33. The second kappa shape index (κ2) is 7.48. The van der Waals surface area contributed by atoms with E-state index in [0.29, 0.717) is 22.7 Å². The summed E-state index contributed by atoms with van der Waals surface area (Å²) in [4.78, 5) is 11.9. The second-order valence-corrected chi connectivity index (χ2v) is 5.24. The maximum absolute atomic E-state index is 11.9. The lowest BCUT2D eigenvalue weighted by molar-refractivity contribution is -0.118. The number of anilines is 1. The summed E-state index contributed by atoms with van der Waals surface area (Å²) < 4.78 is 11.4. The molecule has 6 heteroatoms. The molecule has 1 amide bonds. The smallest absolute Gasteiger partial charge is 0.262 e. The Kier molecular flexibility index (Phi) is 5.39. The predicted octanol–water partition coefficient (Wildman–Crippen LogP) is 3.35. The molecule has 0 atom stereocenters. The number of ether oxygens (including phenoxy) is 2. The third-order valence-corrected chi connectivity index (χ3v) is 3.25. The molecule has 0 aliphatic carbocycles. The minimum Gasteiger partial charge on any atom is -0.493 e. The van der Waals surface area contributed by atoms with Crippen molar-refractivity contribution in [1.82, 2.24) is 0 Å². The van der Waals surface area contributed by atoms with Crippen LogP contribution < -0.4 is 14.8 Å². The van der Waals surface area contributed by atoms with Crippen LogP contribution >= 0.6 is 15.9 Å². The fourth-order valence-electron chi connectivity index (χ4n) is 1.76. The van der Waals surface area contributed by atoms with Crippen LogP contribution in [0, 0.1) is 11.3 Å². The first-order valence-corrected chi connectivity index (χ1v) is 7.18. The molecule has 0 bridgehead atoms. The normalized spacial score (nSPS) is 9.68. The van der Waals surface area contributed by atoms with E-state index in [2.05, 4.69) is 21.2 Å². The summed E-state index contributed by atoms with van der Waals surface area (Å²) in [6.45, 7) is -0.158. The highest BCUT2D eigenvalue weighted by atomic mass is 79.9. The Morgan fingerprint density at radius 1 is 1.27 bits per heavy atom. The first-order chi connectivity index (χ1) is 10.6. The third-order valence-electron chi connectivity index (χ3n) is 2.76. The first-order valence-electron chi connectivity index (χ1n) is 6.38. The van der Waals surface area contributed by atoms with Gasteiger partial charge in [-0.15, -0.1) is 0 Å². The number of nitrogens with zero attached hydrogens (tertiary/aromatic N) is 1. The number of methoxy groups -OCH3 is 1. The molecule has 0 radical (unpaired) electrons. The zero-order valence-corrected chi connectivity index (χ0v) is 13.4. The maximum Gasteiger partial charge on any atom is 0.262 e. The van der Waals surface area contributed by atoms with Gasteiger partial charge in [0.15, 0.2) is 18.1 Å². The molecule has 0 heterocycles. The molecule has 2 aromatic rings. The van der Waals surface area contributed by atoms with E-state index in [-0.39, 0.29) is 12.5 Å².